The van der Waals surface area contributed by atoms with Crippen molar-refractivity contribution in [3.05, 3.63) is 0 Å². The van der Waals surface area contributed by atoms with Crippen molar-refractivity contribution in [1.82, 2.24) is 4.90 Å². The minimum Gasteiger partial charge on any atom is -0.444 e. The molecule has 0 bridgehead atoms. The normalized spacial score (nSPS) is 21.1. The zero-order chi connectivity index (χ0) is 20.0. The zero-order valence-electron chi connectivity index (χ0n) is 17.2. The van der Waals surface area contributed by atoms with Crippen LogP contribution in [0.1, 0.15) is 47.0 Å². The summed E-state index contributed by atoms with van der Waals surface area (Å²) in [5.74, 6) is -0.521. The Bertz CT molecular complexity index is 479. The highest BCUT2D eigenvalue weighted by Crippen LogP contribution is 2.27. The van der Waals surface area contributed by atoms with Gasteiger partial charge in [-0.2, -0.15) is 0 Å². The Morgan fingerprint density at radius 1 is 1.27 bits per heavy atom. The quantitative estimate of drug-likeness (QED) is 0.613. The molecule has 0 aliphatic carbocycles. The van der Waals surface area contributed by atoms with Gasteiger partial charge in [-0.15, -0.1) is 0 Å². The largest absolute Gasteiger partial charge is 0.444 e. The number of rotatable bonds is 9. The predicted molar refractivity (Wildman–Crippen MR) is 103 cm³/mol. The molecule has 2 atom stereocenters. The van der Waals surface area contributed by atoms with Crippen molar-refractivity contribution in [3.63, 3.8) is 0 Å². The number of hydrogen-bond donors (Lipinski definition) is 1. The van der Waals surface area contributed by atoms with E-state index in [4.69, 9.17) is 19.6 Å². The Hall–Kier alpha value is -1.12. The third kappa shape index (κ3) is 8.51. The van der Waals surface area contributed by atoms with Crippen LogP contribution in [-0.2, 0) is 18.7 Å². The number of likely N-dealkylation sites (tertiary alicyclic amines) is 1. The van der Waals surface area contributed by atoms with E-state index in [1.807, 2.05) is 20.8 Å². The van der Waals surface area contributed by atoms with Crippen LogP contribution in [0.3, 0.4) is 0 Å². The van der Waals surface area contributed by atoms with E-state index in [9.17, 15) is 9.59 Å². The van der Waals surface area contributed by atoms with Crippen molar-refractivity contribution in [1.29, 1.82) is 0 Å². The smallest absolute Gasteiger partial charge is 0.410 e. The highest BCUT2D eigenvalue weighted by atomic mass is 28.4. The topological polar surface area (TPSA) is 91.1 Å². The molecule has 0 unspecified atom stereocenters. The summed E-state index contributed by atoms with van der Waals surface area (Å²) in [5, 5.41) is 0. The first-order chi connectivity index (χ1) is 11.9. The monoisotopic (exact) mass is 388 g/mol. The number of nitrogens with zero attached hydrogens (tertiary/aromatic N) is 1. The van der Waals surface area contributed by atoms with Gasteiger partial charge < -0.3 is 24.5 Å². The molecule has 0 saturated carbocycles. The Balaban J connectivity index is 2.73. The van der Waals surface area contributed by atoms with E-state index in [0.29, 0.717) is 13.0 Å². The third-order valence-electron chi connectivity index (χ3n) is 4.18. The van der Waals surface area contributed by atoms with Gasteiger partial charge in [0.1, 0.15) is 12.2 Å². The number of amides is 2. The highest BCUT2D eigenvalue weighted by molar-refractivity contribution is 6.71. The molecule has 1 rings (SSSR count). The zero-order valence-corrected chi connectivity index (χ0v) is 18.2. The minimum absolute atomic E-state index is 0.0248. The van der Waals surface area contributed by atoms with Crippen LogP contribution < -0.4 is 5.73 Å². The Morgan fingerprint density at radius 2 is 1.92 bits per heavy atom. The summed E-state index contributed by atoms with van der Waals surface area (Å²) in [4.78, 5) is 25.1. The van der Waals surface area contributed by atoms with E-state index in [-0.39, 0.29) is 31.5 Å². The number of carbonyl (C=O) groups excluding carboxylic acids is 2. The molecule has 1 saturated heterocycles. The van der Waals surface area contributed by atoms with Gasteiger partial charge in [-0.05, 0) is 46.3 Å². The van der Waals surface area contributed by atoms with Crippen LogP contribution in [-0.4, -0.2) is 62.7 Å². The van der Waals surface area contributed by atoms with Crippen LogP contribution in [0.4, 0.5) is 4.79 Å². The summed E-state index contributed by atoms with van der Waals surface area (Å²) in [6, 6.07) is 0.931. The molecule has 1 aliphatic heterocycles. The van der Waals surface area contributed by atoms with E-state index in [1.165, 1.54) is 0 Å². The molecular formula is C18H36N2O5Si. The SMILES string of the molecule is CCCC[Si](C)(C)O[C@@H]1C[C@@H](COCC(N)=O)N(C(=O)OC(C)(C)C)C1. The molecule has 1 fully saturated rings. The van der Waals surface area contributed by atoms with Gasteiger partial charge in [-0.3, -0.25) is 4.79 Å². The lowest BCUT2D eigenvalue weighted by Gasteiger charge is -2.29. The standard InChI is InChI=1S/C18H36N2O5Si/c1-7-8-9-26(5,6)25-15-10-14(12-23-13-16(19)21)20(11-15)17(22)24-18(2,3)4/h14-15H,7-13H2,1-6H3,(H2,19,21)/t14-,15+/m0/s1. The second-order valence-corrected chi connectivity index (χ2v) is 12.9. The van der Waals surface area contributed by atoms with Crippen molar-refractivity contribution in [2.24, 2.45) is 5.73 Å². The molecule has 7 nitrogen and oxygen atoms in total. The average Bonchev–Trinajstić information content (AvgIpc) is 2.85. The highest BCUT2D eigenvalue weighted by Gasteiger charge is 2.40. The fourth-order valence-corrected chi connectivity index (χ4v) is 5.47. The molecule has 0 aromatic heterocycles. The molecule has 8 heteroatoms. The number of ether oxygens (including phenoxy) is 2. The third-order valence-corrected chi connectivity index (χ3v) is 6.71. The first-order valence-electron chi connectivity index (χ1n) is 9.47. The summed E-state index contributed by atoms with van der Waals surface area (Å²) in [6.07, 6.45) is 2.60. The van der Waals surface area contributed by atoms with Gasteiger partial charge in [0.2, 0.25) is 5.91 Å². The average molecular weight is 389 g/mol. The van der Waals surface area contributed by atoms with Gasteiger partial charge in [0.05, 0.1) is 18.8 Å². The maximum absolute atomic E-state index is 12.6. The van der Waals surface area contributed by atoms with Crippen molar-refractivity contribution in [3.8, 4) is 0 Å². The van der Waals surface area contributed by atoms with Gasteiger partial charge in [0, 0.05) is 6.54 Å². The summed E-state index contributed by atoms with van der Waals surface area (Å²) < 4.78 is 17.3. The predicted octanol–water partition coefficient (Wildman–Crippen LogP) is 2.89. The molecule has 0 aromatic rings. The van der Waals surface area contributed by atoms with Gasteiger partial charge in [-0.25, -0.2) is 4.79 Å². The summed E-state index contributed by atoms with van der Waals surface area (Å²) in [5.41, 5.74) is 4.56. The molecular weight excluding hydrogens is 352 g/mol. The second kappa shape index (κ2) is 9.71. The lowest BCUT2D eigenvalue weighted by Crippen LogP contribution is -2.42. The number of nitrogens with two attached hydrogens (primary N) is 1. The molecule has 2 amide bonds. The van der Waals surface area contributed by atoms with E-state index in [2.05, 4.69) is 20.0 Å². The first-order valence-corrected chi connectivity index (χ1v) is 12.6. The van der Waals surface area contributed by atoms with E-state index in [0.717, 1.165) is 18.9 Å². The van der Waals surface area contributed by atoms with Crippen LogP contribution >= 0.6 is 0 Å². The van der Waals surface area contributed by atoms with Crippen molar-refractivity contribution >= 4 is 20.3 Å². The van der Waals surface area contributed by atoms with Crippen LogP contribution in [0.25, 0.3) is 0 Å². The Morgan fingerprint density at radius 3 is 2.46 bits per heavy atom. The second-order valence-electron chi connectivity index (χ2n) is 8.61. The summed E-state index contributed by atoms with van der Waals surface area (Å²) >= 11 is 0. The van der Waals surface area contributed by atoms with Gasteiger partial charge in [0.25, 0.3) is 0 Å². The molecule has 1 aliphatic rings. The maximum Gasteiger partial charge on any atom is 0.410 e. The van der Waals surface area contributed by atoms with E-state index >= 15 is 0 Å². The molecule has 0 radical (unpaired) electrons. The van der Waals surface area contributed by atoms with Crippen molar-refractivity contribution in [2.75, 3.05) is 19.8 Å². The molecule has 2 N–H and O–H groups in total. The van der Waals surface area contributed by atoms with Crippen LogP contribution in [0.15, 0.2) is 0 Å². The Labute approximate surface area is 158 Å². The first kappa shape index (κ1) is 22.9. The summed E-state index contributed by atoms with van der Waals surface area (Å²) in [7, 11) is -1.77. The molecule has 0 spiro atoms. The lowest BCUT2D eigenvalue weighted by atomic mass is 10.2. The number of primary amides is 1. The van der Waals surface area contributed by atoms with Gasteiger partial charge in [-0.1, -0.05) is 19.8 Å². The van der Waals surface area contributed by atoms with E-state index in [1.54, 1.807) is 4.90 Å². The van der Waals surface area contributed by atoms with Crippen molar-refractivity contribution < 1.29 is 23.5 Å². The molecule has 26 heavy (non-hydrogen) atoms. The minimum atomic E-state index is -1.77. The lowest BCUT2D eigenvalue weighted by molar-refractivity contribution is -0.122. The molecule has 0 aromatic carbocycles. The van der Waals surface area contributed by atoms with Gasteiger partial charge >= 0.3 is 6.09 Å². The fourth-order valence-electron chi connectivity index (χ4n) is 3.07. The summed E-state index contributed by atoms with van der Waals surface area (Å²) in [6.45, 7) is 12.7. The van der Waals surface area contributed by atoms with Crippen LogP contribution in [0.5, 0.6) is 0 Å². The molecule has 1 heterocycles. The van der Waals surface area contributed by atoms with E-state index < -0.39 is 19.8 Å². The fraction of sp³-hybridized carbons (Fsp3) is 0.889. The van der Waals surface area contributed by atoms with Crippen molar-refractivity contribution in [2.45, 2.75) is 83.8 Å². The molecule has 152 valence electrons. The maximum atomic E-state index is 12.6. The number of hydrogen-bond acceptors (Lipinski definition) is 5. The van der Waals surface area contributed by atoms with Crippen LogP contribution in [0.2, 0.25) is 19.1 Å². The Kier molecular flexibility index (Phi) is 8.56. The van der Waals surface area contributed by atoms with Crippen LogP contribution in [0, 0.1) is 0 Å². The van der Waals surface area contributed by atoms with Gasteiger partial charge in [0.15, 0.2) is 8.32 Å². The number of carbonyl (C=O) groups is 2. The number of unbranched alkanes of at least 4 members (excludes halogenated alkanes) is 1.